The number of hydrogen-bond donors (Lipinski definition) is 3. The van der Waals surface area contributed by atoms with E-state index in [1.54, 1.807) is 24.1 Å². The van der Waals surface area contributed by atoms with E-state index in [2.05, 4.69) is 15.6 Å². The molecule has 1 aliphatic heterocycles. The molecule has 3 aromatic rings. The molecular formula is C24H24Cl2FN5O2. The van der Waals surface area contributed by atoms with Gasteiger partial charge in [-0.3, -0.25) is 0 Å². The van der Waals surface area contributed by atoms with Crippen LogP contribution in [0, 0.1) is 5.82 Å². The molecule has 1 fully saturated rings. The third-order valence-corrected chi connectivity index (χ3v) is 6.24. The molecule has 4 rings (SSSR count). The first-order valence-corrected chi connectivity index (χ1v) is 11.5. The molecule has 1 aromatic heterocycles. The maximum atomic E-state index is 14.0. The van der Waals surface area contributed by atoms with E-state index in [1.165, 1.54) is 12.1 Å². The molecule has 2 amide bonds. The molecule has 2 heterocycles. The van der Waals surface area contributed by atoms with Crippen LogP contribution in [0.15, 0.2) is 48.7 Å². The molecular weight excluding hydrogens is 480 g/mol. The Hall–Kier alpha value is -3.07. The fraction of sp³-hybridized carbons (Fsp3) is 0.250. The quantitative estimate of drug-likeness (QED) is 0.408. The Morgan fingerprint density at radius 2 is 1.97 bits per heavy atom. The highest BCUT2D eigenvalue weighted by atomic mass is 35.5. The maximum absolute atomic E-state index is 14.0. The van der Waals surface area contributed by atoms with Crippen molar-refractivity contribution in [1.29, 1.82) is 0 Å². The molecule has 1 saturated heterocycles. The predicted octanol–water partition coefficient (Wildman–Crippen LogP) is 5.35. The van der Waals surface area contributed by atoms with Gasteiger partial charge in [0.2, 0.25) is 0 Å². The van der Waals surface area contributed by atoms with E-state index in [0.717, 1.165) is 24.2 Å². The lowest BCUT2D eigenvalue weighted by molar-refractivity contribution is 0.204. The lowest BCUT2D eigenvalue weighted by atomic mass is 10.1. The summed E-state index contributed by atoms with van der Waals surface area (Å²) in [6.07, 6.45) is 0.936. The number of aromatic nitrogens is 1. The van der Waals surface area contributed by atoms with Gasteiger partial charge in [0.25, 0.3) is 0 Å². The summed E-state index contributed by atoms with van der Waals surface area (Å²) in [5, 5.41) is 6.35. The summed E-state index contributed by atoms with van der Waals surface area (Å²) in [5.41, 5.74) is 8.56. The summed E-state index contributed by atoms with van der Waals surface area (Å²) in [7, 11) is 0. The van der Waals surface area contributed by atoms with Gasteiger partial charge in [-0.05, 0) is 42.8 Å². The number of hydrogen-bond acceptors (Lipinski definition) is 5. The molecule has 4 N–H and O–H groups in total. The Bertz CT molecular complexity index is 1200. The van der Waals surface area contributed by atoms with Crippen molar-refractivity contribution in [3.63, 3.8) is 0 Å². The fourth-order valence-electron chi connectivity index (χ4n) is 3.72. The minimum atomic E-state index is -0.681. The number of anilines is 2. The first-order chi connectivity index (χ1) is 16.3. The minimum absolute atomic E-state index is 0.101. The number of rotatable bonds is 5. The second kappa shape index (κ2) is 10.5. The molecule has 2 aromatic carbocycles. The average Bonchev–Trinajstić information content (AvgIpc) is 2.84. The molecule has 0 bridgehead atoms. The van der Waals surface area contributed by atoms with Crippen LogP contribution in [-0.4, -0.2) is 42.1 Å². The number of urea groups is 1. The molecule has 0 radical (unpaired) electrons. The molecule has 0 saturated carbocycles. The second-order valence-electron chi connectivity index (χ2n) is 7.87. The van der Waals surface area contributed by atoms with Gasteiger partial charge in [0, 0.05) is 54.2 Å². The normalized spacial score (nSPS) is 14.5. The number of carbonyl (C=O) groups is 1. The van der Waals surface area contributed by atoms with Crippen molar-refractivity contribution < 1.29 is 13.9 Å². The zero-order valence-electron chi connectivity index (χ0n) is 18.4. The van der Waals surface area contributed by atoms with Crippen LogP contribution >= 0.6 is 23.2 Å². The molecule has 1 unspecified atom stereocenters. The topological polar surface area (TPSA) is 92.5 Å². The van der Waals surface area contributed by atoms with Crippen molar-refractivity contribution in [2.24, 2.45) is 0 Å². The van der Waals surface area contributed by atoms with Gasteiger partial charge in [0.05, 0.1) is 5.02 Å². The number of piperazine rings is 1. The van der Waals surface area contributed by atoms with E-state index < -0.39 is 11.9 Å². The van der Waals surface area contributed by atoms with Gasteiger partial charge in [-0.25, -0.2) is 14.2 Å². The van der Waals surface area contributed by atoms with Crippen LogP contribution in [-0.2, 0) is 0 Å². The third-order valence-electron chi connectivity index (χ3n) is 5.52. The summed E-state index contributed by atoms with van der Waals surface area (Å²) in [6, 6.07) is 11.6. The number of nitrogen functional groups attached to an aromatic ring is 1. The Morgan fingerprint density at radius 3 is 2.74 bits per heavy atom. The Balaban J connectivity index is 1.55. The molecule has 34 heavy (non-hydrogen) atoms. The number of carbonyl (C=O) groups excluding carboxylic acids is 1. The van der Waals surface area contributed by atoms with E-state index in [-0.39, 0.29) is 21.9 Å². The van der Waals surface area contributed by atoms with E-state index in [1.807, 2.05) is 24.3 Å². The number of benzene rings is 2. The Labute approximate surface area is 207 Å². The number of ether oxygens (including phenoxy) is 1. The predicted molar refractivity (Wildman–Crippen MR) is 133 cm³/mol. The van der Waals surface area contributed by atoms with Crippen LogP contribution in [0.3, 0.4) is 0 Å². The van der Waals surface area contributed by atoms with Crippen LogP contribution in [0.2, 0.25) is 10.0 Å². The summed E-state index contributed by atoms with van der Waals surface area (Å²) in [4.78, 5) is 18.5. The van der Waals surface area contributed by atoms with E-state index >= 15 is 0 Å². The molecule has 0 aliphatic carbocycles. The van der Waals surface area contributed by atoms with Gasteiger partial charge >= 0.3 is 6.03 Å². The number of nitrogens with one attached hydrogen (secondary N) is 2. The highest BCUT2D eigenvalue weighted by molar-refractivity contribution is 6.36. The highest BCUT2D eigenvalue weighted by Gasteiger charge is 2.20. The third kappa shape index (κ3) is 5.35. The van der Waals surface area contributed by atoms with E-state index in [9.17, 15) is 9.18 Å². The maximum Gasteiger partial charge on any atom is 0.321 e. The zero-order chi connectivity index (χ0) is 24.2. The van der Waals surface area contributed by atoms with Gasteiger partial charge in [-0.2, -0.15) is 0 Å². The van der Waals surface area contributed by atoms with Crippen molar-refractivity contribution in [2.45, 2.75) is 13.0 Å². The van der Waals surface area contributed by atoms with Crippen molar-refractivity contribution in [1.82, 2.24) is 15.2 Å². The highest BCUT2D eigenvalue weighted by Crippen LogP contribution is 2.37. The minimum Gasteiger partial charge on any atom is -0.482 e. The van der Waals surface area contributed by atoms with Crippen molar-refractivity contribution >= 4 is 40.7 Å². The average molecular weight is 504 g/mol. The molecule has 0 spiro atoms. The largest absolute Gasteiger partial charge is 0.482 e. The SMILES string of the molecule is CC(Oc1cc(-c2cccc(NC(=O)N3CCNCC3)c2)cnc1N)c1c(Cl)ccc(F)c1Cl. The van der Waals surface area contributed by atoms with E-state index in [0.29, 0.717) is 30.1 Å². The van der Waals surface area contributed by atoms with Gasteiger partial charge in [-0.15, -0.1) is 0 Å². The summed E-state index contributed by atoms with van der Waals surface area (Å²) in [5.74, 6) is -0.116. The lowest BCUT2D eigenvalue weighted by Gasteiger charge is -2.27. The molecule has 1 atom stereocenters. The smallest absolute Gasteiger partial charge is 0.321 e. The fourth-order valence-corrected chi connectivity index (χ4v) is 4.40. The van der Waals surface area contributed by atoms with Gasteiger partial charge in [-0.1, -0.05) is 35.3 Å². The first-order valence-electron chi connectivity index (χ1n) is 10.8. The molecule has 10 heteroatoms. The summed E-state index contributed by atoms with van der Waals surface area (Å²) >= 11 is 12.3. The molecule has 7 nitrogen and oxygen atoms in total. The van der Waals surface area contributed by atoms with Gasteiger partial charge in [0.15, 0.2) is 11.6 Å². The van der Waals surface area contributed by atoms with Gasteiger partial charge in [0.1, 0.15) is 11.9 Å². The molecule has 1 aliphatic rings. The lowest BCUT2D eigenvalue weighted by Crippen LogP contribution is -2.48. The van der Waals surface area contributed by atoms with Crippen LogP contribution in [0.1, 0.15) is 18.6 Å². The van der Waals surface area contributed by atoms with Crippen LogP contribution < -0.4 is 21.1 Å². The van der Waals surface area contributed by atoms with Crippen molar-refractivity contribution in [3.05, 3.63) is 70.1 Å². The summed E-state index contributed by atoms with van der Waals surface area (Å²) < 4.78 is 19.9. The number of amides is 2. The number of nitrogens with zero attached hydrogens (tertiary/aromatic N) is 2. The standard InChI is InChI=1S/C24H24Cl2FN5O2/c1-14(21-18(25)5-6-19(27)22(21)26)34-20-12-16(13-30-23(20)28)15-3-2-4-17(11-15)31-24(33)32-9-7-29-8-10-32/h2-6,11-14,29H,7-10H2,1H3,(H2,28,30)(H,31,33). The van der Waals surface area contributed by atoms with Crippen LogP contribution in [0.5, 0.6) is 5.75 Å². The Kier molecular flexibility index (Phi) is 7.41. The van der Waals surface area contributed by atoms with Crippen molar-refractivity contribution in [2.75, 3.05) is 37.2 Å². The first kappa shape index (κ1) is 24.1. The van der Waals surface area contributed by atoms with Gasteiger partial charge < -0.3 is 26.0 Å². The monoisotopic (exact) mass is 503 g/mol. The number of halogens is 3. The second-order valence-corrected chi connectivity index (χ2v) is 8.66. The number of nitrogens with two attached hydrogens (primary N) is 1. The van der Waals surface area contributed by atoms with Crippen molar-refractivity contribution in [3.8, 4) is 16.9 Å². The zero-order valence-corrected chi connectivity index (χ0v) is 20.0. The van der Waals surface area contributed by atoms with Crippen LogP contribution in [0.4, 0.5) is 20.7 Å². The Morgan fingerprint density at radius 1 is 1.21 bits per heavy atom. The summed E-state index contributed by atoms with van der Waals surface area (Å²) in [6.45, 7) is 4.57. The number of pyridine rings is 1. The van der Waals surface area contributed by atoms with E-state index in [4.69, 9.17) is 33.7 Å². The van der Waals surface area contributed by atoms with Crippen LogP contribution in [0.25, 0.3) is 11.1 Å². The molecule has 178 valence electrons.